The molecule has 1 radical (unpaired) electrons. The van der Waals surface area contributed by atoms with Crippen molar-refractivity contribution in [2.45, 2.75) is 0 Å². The Kier molecular flexibility index (Phi) is 3.11. The second-order valence-corrected chi connectivity index (χ2v) is 2.60. The molecule has 0 bridgehead atoms. The summed E-state index contributed by atoms with van der Waals surface area (Å²) in [7, 11) is 3.64. The molecule has 0 spiro atoms. The standard InChI is InChI=1S/C6H5ClN5.Y/c1-12-2-9-3-4(8)10-6(7)11-5(3)12;/h2H,1H2,(H2,8,10,11);/q-1;. The molecule has 0 aromatic carbocycles. The first-order valence-electron chi connectivity index (χ1n) is 3.15. The molecule has 7 heteroatoms. The maximum atomic E-state index is 5.58. The van der Waals surface area contributed by atoms with Crippen LogP contribution in [0.15, 0.2) is 6.33 Å². The third-order valence-electron chi connectivity index (χ3n) is 1.46. The summed E-state index contributed by atoms with van der Waals surface area (Å²) in [5.74, 6) is 0.271. The van der Waals surface area contributed by atoms with Gasteiger partial charge in [0.1, 0.15) is 5.82 Å². The quantitative estimate of drug-likeness (QED) is 0.566. The van der Waals surface area contributed by atoms with E-state index in [4.69, 9.17) is 17.3 Å². The number of nitrogens with two attached hydrogens (primary N) is 1. The number of fused-ring (bicyclic) bond motifs is 1. The Morgan fingerprint density at radius 3 is 2.85 bits per heavy atom. The number of nitrogen functional groups attached to an aromatic ring is 1. The third kappa shape index (κ3) is 1.77. The molecule has 0 saturated carbocycles. The number of imidazole rings is 1. The van der Waals surface area contributed by atoms with Crippen LogP contribution in [-0.2, 0) is 32.7 Å². The van der Waals surface area contributed by atoms with E-state index in [2.05, 4.69) is 22.0 Å². The van der Waals surface area contributed by atoms with Crippen molar-refractivity contribution in [3.8, 4) is 0 Å². The fourth-order valence-electron chi connectivity index (χ4n) is 0.938. The Hall–Kier alpha value is -0.386. The Bertz CT molecular complexity index is 440. The Morgan fingerprint density at radius 2 is 2.15 bits per heavy atom. The van der Waals surface area contributed by atoms with E-state index in [-0.39, 0.29) is 43.8 Å². The topological polar surface area (TPSA) is 69.6 Å². The molecule has 0 atom stereocenters. The summed E-state index contributed by atoms with van der Waals surface area (Å²) in [6, 6.07) is 0. The van der Waals surface area contributed by atoms with Gasteiger partial charge in [-0.2, -0.15) is 0 Å². The molecule has 0 amide bonds. The third-order valence-corrected chi connectivity index (χ3v) is 1.63. The maximum Gasteiger partial charge on any atom is 0.213 e. The molecule has 5 nitrogen and oxygen atoms in total. The first kappa shape index (κ1) is 10.7. The van der Waals surface area contributed by atoms with E-state index in [9.17, 15) is 0 Å². The van der Waals surface area contributed by atoms with Crippen molar-refractivity contribution in [1.82, 2.24) is 19.5 Å². The van der Waals surface area contributed by atoms with Gasteiger partial charge >= 0.3 is 0 Å². The zero-order chi connectivity index (χ0) is 8.72. The molecule has 0 unspecified atom stereocenters. The number of rotatable bonds is 0. The minimum absolute atomic E-state index is 0. The zero-order valence-electron chi connectivity index (χ0n) is 6.61. The fraction of sp³-hybridized carbons (Fsp3) is 0. The second kappa shape index (κ2) is 3.78. The van der Waals surface area contributed by atoms with Crippen LogP contribution < -0.4 is 5.73 Å². The number of hydrogen-bond acceptors (Lipinski definition) is 4. The van der Waals surface area contributed by atoms with Gasteiger partial charge in [0, 0.05) is 32.7 Å². The fourth-order valence-corrected chi connectivity index (χ4v) is 1.11. The average molecular weight is 272 g/mol. The van der Waals surface area contributed by atoms with Crippen molar-refractivity contribution in [2.75, 3.05) is 5.73 Å². The van der Waals surface area contributed by atoms with Gasteiger partial charge in [-0.05, 0) is 17.9 Å². The van der Waals surface area contributed by atoms with E-state index < -0.39 is 0 Å². The van der Waals surface area contributed by atoms with E-state index in [0.717, 1.165) is 0 Å². The number of hydrogen-bond donors (Lipinski definition) is 1. The average Bonchev–Trinajstić information content (AvgIpc) is 2.33. The normalized spacial score (nSPS) is 9.92. The first-order chi connectivity index (χ1) is 5.68. The van der Waals surface area contributed by atoms with Crippen LogP contribution in [-0.4, -0.2) is 19.5 Å². The van der Waals surface area contributed by atoms with Crippen molar-refractivity contribution in [1.29, 1.82) is 0 Å². The molecule has 0 aliphatic heterocycles. The zero-order valence-corrected chi connectivity index (χ0v) is 10.2. The molecule has 0 fully saturated rings. The molecule has 13 heavy (non-hydrogen) atoms. The van der Waals surface area contributed by atoms with Crippen molar-refractivity contribution in [3.05, 3.63) is 18.7 Å². The molecule has 65 valence electrons. The van der Waals surface area contributed by atoms with Crippen LogP contribution in [0.3, 0.4) is 0 Å². The summed E-state index contributed by atoms with van der Waals surface area (Å²) in [5.41, 5.74) is 6.59. The van der Waals surface area contributed by atoms with Crippen molar-refractivity contribution >= 4 is 28.6 Å². The molecule has 2 aromatic heterocycles. The summed E-state index contributed by atoms with van der Waals surface area (Å²) < 4.78 is 1.49. The molecular formula is C6H5ClN5Y-. The van der Waals surface area contributed by atoms with E-state index in [0.29, 0.717) is 11.2 Å². The van der Waals surface area contributed by atoms with Crippen LogP contribution in [0.5, 0.6) is 0 Å². The molecule has 2 heterocycles. The monoisotopic (exact) mass is 271 g/mol. The van der Waals surface area contributed by atoms with Gasteiger partial charge in [-0.1, -0.05) is 0 Å². The van der Waals surface area contributed by atoms with Gasteiger partial charge in [0.05, 0.1) is 11.2 Å². The SMILES string of the molecule is [CH2-]n1cnc2c(N)nc(Cl)nc21.[Y]. The molecular weight excluding hydrogens is 266 g/mol. The van der Waals surface area contributed by atoms with Gasteiger partial charge in [-0.25, -0.2) is 4.98 Å². The van der Waals surface area contributed by atoms with Gasteiger partial charge in [0.25, 0.3) is 0 Å². The molecule has 2 N–H and O–H groups in total. The van der Waals surface area contributed by atoms with Crippen LogP contribution >= 0.6 is 11.6 Å². The number of aromatic nitrogens is 4. The number of nitrogens with zero attached hydrogens (tertiary/aromatic N) is 4. The smallest absolute Gasteiger partial charge is 0.213 e. The van der Waals surface area contributed by atoms with E-state index in [1.165, 1.54) is 10.9 Å². The maximum absolute atomic E-state index is 5.58. The van der Waals surface area contributed by atoms with Gasteiger partial charge in [0.15, 0.2) is 0 Å². The number of anilines is 1. The minimum atomic E-state index is 0. The molecule has 0 aliphatic carbocycles. The summed E-state index contributed by atoms with van der Waals surface area (Å²) in [6.07, 6.45) is 1.51. The van der Waals surface area contributed by atoms with Crippen LogP contribution in [0.2, 0.25) is 5.28 Å². The van der Waals surface area contributed by atoms with E-state index in [1.807, 2.05) is 0 Å². The summed E-state index contributed by atoms with van der Waals surface area (Å²) in [5, 5.41) is 0.102. The van der Waals surface area contributed by atoms with Crippen LogP contribution in [0.4, 0.5) is 5.82 Å². The van der Waals surface area contributed by atoms with Gasteiger partial charge < -0.3 is 15.3 Å². The first-order valence-corrected chi connectivity index (χ1v) is 3.53. The van der Waals surface area contributed by atoms with Crippen LogP contribution in [0.25, 0.3) is 11.2 Å². The van der Waals surface area contributed by atoms with E-state index in [1.54, 1.807) is 0 Å². The summed E-state index contributed by atoms with van der Waals surface area (Å²) in [6.45, 7) is 0. The predicted molar refractivity (Wildman–Crippen MR) is 45.5 cm³/mol. The molecule has 2 aromatic rings. The van der Waals surface area contributed by atoms with Gasteiger partial charge in [-0.15, -0.1) is 7.05 Å². The molecule has 2 rings (SSSR count). The van der Waals surface area contributed by atoms with Gasteiger partial charge in [0.2, 0.25) is 5.28 Å². The Balaban J connectivity index is 0.000000845. The van der Waals surface area contributed by atoms with Crippen molar-refractivity contribution in [2.24, 2.45) is 0 Å². The Morgan fingerprint density at radius 1 is 1.46 bits per heavy atom. The van der Waals surface area contributed by atoms with Gasteiger partial charge in [-0.3, -0.25) is 4.98 Å². The van der Waals surface area contributed by atoms with Crippen LogP contribution in [0.1, 0.15) is 0 Å². The van der Waals surface area contributed by atoms with Crippen LogP contribution in [0, 0.1) is 7.05 Å². The summed E-state index contributed by atoms with van der Waals surface area (Å²) >= 11 is 5.58. The van der Waals surface area contributed by atoms with Crippen molar-refractivity contribution in [3.63, 3.8) is 0 Å². The predicted octanol–water partition coefficient (Wildman–Crippen LogP) is 0.699. The minimum Gasteiger partial charge on any atom is -0.456 e. The molecule has 0 saturated heterocycles. The number of halogens is 1. The van der Waals surface area contributed by atoms with E-state index >= 15 is 0 Å². The molecule has 0 aliphatic rings. The second-order valence-electron chi connectivity index (χ2n) is 2.26. The largest absolute Gasteiger partial charge is 0.456 e. The van der Waals surface area contributed by atoms with Crippen molar-refractivity contribution < 1.29 is 32.7 Å². The Labute approximate surface area is 105 Å². The summed E-state index contributed by atoms with van der Waals surface area (Å²) in [4.78, 5) is 11.6.